The number of rotatable bonds is 2. The van der Waals surface area contributed by atoms with E-state index in [-0.39, 0.29) is 5.91 Å². The third kappa shape index (κ3) is 3.18. The van der Waals surface area contributed by atoms with Crippen LogP contribution in [-0.4, -0.2) is 55.0 Å². The lowest BCUT2D eigenvalue weighted by Gasteiger charge is -2.46. The highest BCUT2D eigenvalue weighted by Crippen LogP contribution is 2.36. The van der Waals surface area contributed by atoms with Crippen LogP contribution in [0.2, 0.25) is 0 Å². The standard InChI is InChI=1S/C16H28N2O3S/c1-22(20,21)18-12-5-4-10-15(18)16(19)17-11-6-8-13-7-2-3-9-14(13)17/h13-15H,2-12H2,1H3. The van der Waals surface area contributed by atoms with Crippen molar-refractivity contribution in [1.29, 1.82) is 0 Å². The molecule has 3 aliphatic rings. The summed E-state index contributed by atoms with van der Waals surface area (Å²) >= 11 is 0. The summed E-state index contributed by atoms with van der Waals surface area (Å²) < 4.78 is 25.5. The monoisotopic (exact) mass is 328 g/mol. The van der Waals surface area contributed by atoms with Gasteiger partial charge in [-0.3, -0.25) is 4.79 Å². The number of hydrogen-bond donors (Lipinski definition) is 0. The topological polar surface area (TPSA) is 57.7 Å². The summed E-state index contributed by atoms with van der Waals surface area (Å²) in [5, 5.41) is 0. The van der Waals surface area contributed by atoms with E-state index in [4.69, 9.17) is 0 Å². The van der Waals surface area contributed by atoms with Crippen LogP contribution in [0.4, 0.5) is 0 Å². The molecule has 2 heterocycles. The minimum atomic E-state index is -3.30. The lowest BCUT2D eigenvalue weighted by molar-refractivity contribution is -0.142. The zero-order chi connectivity index (χ0) is 15.7. The van der Waals surface area contributed by atoms with Crippen LogP contribution in [0.5, 0.6) is 0 Å². The van der Waals surface area contributed by atoms with Gasteiger partial charge in [0.2, 0.25) is 15.9 Å². The molecule has 6 heteroatoms. The number of carbonyl (C=O) groups excluding carboxylic acids is 1. The second kappa shape index (κ2) is 6.48. The van der Waals surface area contributed by atoms with Crippen LogP contribution in [0, 0.1) is 5.92 Å². The Balaban J connectivity index is 1.79. The maximum absolute atomic E-state index is 13.1. The Morgan fingerprint density at radius 1 is 0.909 bits per heavy atom. The van der Waals surface area contributed by atoms with Gasteiger partial charge in [-0.25, -0.2) is 8.42 Å². The Labute approximate surface area is 134 Å². The lowest BCUT2D eigenvalue weighted by Crippen LogP contribution is -2.58. The minimum Gasteiger partial charge on any atom is -0.338 e. The van der Waals surface area contributed by atoms with E-state index in [0.29, 0.717) is 24.9 Å². The van der Waals surface area contributed by atoms with Crippen LogP contribution >= 0.6 is 0 Å². The molecular weight excluding hydrogens is 300 g/mol. The Morgan fingerprint density at radius 3 is 2.36 bits per heavy atom. The van der Waals surface area contributed by atoms with Gasteiger partial charge in [0.15, 0.2) is 0 Å². The SMILES string of the molecule is CS(=O)(=O)N1CCCCC1C(=O)N1CCCC2CCCCC21. The molecule has 0 aromatic heterocycles. The first-order valence-corrected chi connectivity index (χ1v) is 10.6. The highest BCUT2D eigenvalue weighted by Gasteiger charge is 2.42. The molecule has 22 heavy (non-hydrogen) atoms. The summed E-state index contributed by atoms with van der Waals surface area (Å²) in [5.74, 6) is 0.712. The van der Waals surface area contributed by atoms with E-state index in [1.807, 2.05) is 4.90 Å². The smallest absolute Gasteiger partial charge is 0.241 e. The van der Waals surface area contributed by atoms with Crippen molar-refractivity contribution >= 4 is 15.9 Å². The quantitative estimate of drug-likeness (QED) is 0.779. The third-order valence-electron chi connectivity index (χ3n) is 5.69. The first kappa shape index (κ1) is 16.2. The van der Waals surface area contributed by atoms with Gasteiger partial charge in [0, 0.05) is 19.1 Å². The second-order valence-electron chi connectivity index (χ2n) is 7.17. The highest BCUT2D eigenvalue weighted by atomic mass is 32.2. The summed E-state index contributed by atoms with van der Waals surface area (Å²) in [5.41, 5.74) is 0. The van der Waals surface area contributed by atoms with Crippen molar-refractivity contribution in [2.75, 3.05) is 19.3 Å². The second-order valence-corrected chi connectivity index (χ2v) is 9.11. The third-order valence-corrected chi connectivity index (χ3v) is 6.98. The number of nitrogens with zero attached hydrogens (tertiary/aromatic N) is 2. The number of carbonyl (C=O) groups is 1. The number of amides is 1. The number of hydrogen-bond acceptors (Lipinski definition) is 3. The zero-order valence-corrected chi connectivity index (χ0v) is 14.4. The van der Waals surface area contributed by atoms with E-state index < -0.39 is 16.1 Å². The molecule has 3 fully saturated rings. The average Bonchev–Trinajstić information content (AvgIpc) is 2.53. The van der Waals surface area contributed by atoms with Gasteiger partial charge in [0.25, 0.3) is 0 Å². The van der Waals surface area contributed by atoms with Crippen LogP contribution in [-0.2, 0) is 14.8 Å². The van der Waals surface area contributed by atoms with Crippen LogP contribution < -0.4 is 0 Å². The van der Waals surface area contributed by atoms with E-state index >= 15 is 0 Å². The van der Waals surface area contributed by atoms with E-state index in [2.05, 4.69) is 0 Å². The minimum absolute atomic E-state index is 0.0710. The molecule has 1 aliphatic carbocycles. The van der Waals surface area contributed by atoms with Crippen molar-refractivity contribution in [2.24, 2.45) is 5.92 Å². The molecule has 3 unspecified atom stereocenters. The maximum Gasteiger partial charge on any atom is 0.241 e. The van der Waals surface area contributed by atoms with Gasteiger partial charge >= 0.3 is 0 Å². The molecule has 2 saturated heterocycles. The first-order valence-electron chi connectivity index (χ1n) is 8.76. The predicted octanol–water partition coefficient (Wildman–Crippen LogP) is 1.98. The molecule has 0 aromatic rings. The van der Waals surface area contributed by atoms with Crippen LogP contribution in [0.15, 0.2) is 0 Å². The number of fused-ring (bicyclic) bond motifs is 1. The number of likely N-dealkylation sites (tertiary alicyclic amines) is 1. The Hall–Kier alpha value is -0.620. The molecule has 3 atom stereocenters. The Morgan fingerprint density at radius 2 is 1.59 bits per heavy atom. The first-order chi connectivity index (χ1) is 10.5. The zero-order valence-electron chi connectivity index (χ0n) is 13.5. The Bertz CT molecular complexity index is 517. The number of sulfonamides is 1. The molecule has 0 aromatic carbocycles. The lowest BCUT2D eigenvalue weighted by atomic mass is 9.78. The summed E-state index contributed by atoms with van der Waals surface area (Å²) in [6, 6.07) is -0.0947. The van der Waals surface area contributed by atoms with Gasteiger partial charge in [-0.2, -0.15) is 4.31 Å². The predicted molar refractivity (Wildman–Crippen MR) is 85.9 cm³/mol. The maximum atomic E-state index is 13.1. The molecule has 1 saturated carbocycles. The van der Waals surface area contributed by atoms with Gasteiger partial charge in [-0.1, -0.05) is 19.3 Å². The van der Waals surface area contributed by atoms with Crippen LogP contribution in [0.1, 0.15) is 57.8 Å². The van der Waals surface area contributed by atoms with E-state index in [1.165, 1.54) is 36.2 Å². The number of piperidine rings is 2. The normalized spacial score (nSPS) is 34.2. The van der Waals surface area contributed by atoms with E-state index in [1.54, 1.807) is 0 Å². The Kier molecular flexibility index (Phi) is 4.78. The summed E-state index contributed by atoms with van der Waals surface area (Å²) in [6.45, 7) is 1.31. The fraction of sp³-hybridized carbons (Fsp3) is 0.938. The average molecular weight is 328 g/mol. The molecular formula is C16H28N2O3S. The highest BCUT2D eigenvalue weighted by molar-refractivity contribution is 7.88. The fourth-order valence-electron chi connectivity index (χ4n) is 4.64. The molecule has 0 bridgehead atoms. The summed E-state index contributed by atoms with van der Waals surface area (Å²) in [6.07, 6.45) is 10.8. The molecule has 0 spiro atoms. The molecule has 0 radical (unpaired) electrons. The molecule has 0 N–H and O–H groups in total. The fourth-order valence-corrected chi connectivity index (χ4v) is 5.76. The van der Waals surface area contributed by atoms with Crippen molar-refractivity contribution < 1.29 is 13.2 Å². The van der Waals surface area contributed by atoms with Gasteiger partial charge in [0.05, 0.1) is 6.26 Å². The molecule has 126 valence electrons. The van der Waals surface area contributed by atoms with Crippen molar-refractivity contribution in [2.45, 2.75) is 69.9 Å². The van der Waals surface area contributed by atoms with Gasteiger partial charge in [-0.15, -0.1) is 0 Å². The molecule has 2 aliphatic heterocycles. The van der Waals surface area contributed by atoms with Crippen molar-refractivity contribution in [3.05, 3.63) is 0 Å². The van der Waals surface area contributed by atoms with E-state index in [9.17, 15) is 13.2 Å². The summed E-state index contributed by atoms with van der Waals surface area (Å²) in [4.78, 5) is 15.1. The van der Waals surface area contributed by atoms with Gasteiger partial charge in [-0.05, 0) is 44.4 Å². The molecule has 1 amide bonds. The van der Waals surface area contributed by atoms with Crippen molar-refractivity contribution in [3.8, 4) is 0 Å². The van der Waals surface area contributed by atoms with Crippen LogP contribution in [0.25, 0.3) is 0 Å². The van der Waals surface area contributed by atoms with Gasteiger partial charge < -0.3 is 4.90 Å². The van der Waals surface area contributed by atoms with Crippen LogP contribution in [0.3, 0.4) is 0 Å². The van der Waals surface area contributed by atoms with Gasteiger partial charge in [0.1, 0.15) is 6.04 Å². The molecule has 3 rings (SSSR count). The van der Waals surface area contributed by atoms with Crippen molar-refractivity contribution in [3.63, 3.8) is 0 Å². The van der Waals surface area contributed by atoms with Crippen molar-refractivity contribution in [1.82, 2.24) is 9.21 Å². The van der Waals surface area contributed by atoms with E-state index in [0.717, 1.165) is 32.2 Å². The largest absolute Gasteiger partial charge is 0.338 e. The molecule has 5 nitrogen and oxygen atoms in total. The summed E-state index contributed by atoms with van der Waals surface area (Å²) in [7, 11) is -3.30.